The van der Waals surface area contributed by atoms with E-state index in [4.69, 9.17) is 10.5 Å². The molecule has 0 spiro atoms. The molecule has 0 radical (unpaired) electrons. The highest BCUT2D eigenvalue weighted by Crippen LogP contribution is 2.20. The van der Waals surface area contributed by atoms with Crippen LogP contribution in [0.1, 0.15) is 23.2 Å². The fraction of sp³-hybridized carbons (Fsp3) is 0.462. The zero-order valence-electron chi connectivity index (χ0n) is 10.4. The summed E-state index contributed by atoms with van der Waals surface area (Å²) in [4.78, 5) is 14.0. The van der Waals surface area contributed by atoms with Gasteiger partial charge in [-0.25, -0.2) is 9.18 Å². The lowest BCUT2D eigenvalue weighted by Crippen LogP contribution is -2.35. The van der Waals surface area contributed by atoms with Gasteiger partial charge in [0.1, 0.15) is 17.5 Å². The van der Waals surface area contributed by atoms with Crippen molar-refractivity contribution in [2.24, 2.45) is 0 Å². The van der Waals surface area contributed by atoms with E-state index in [-0.39, 0.29) is 17.4 Å². The quantitative estimate of drug-likeness (QED) is 0.642. The maximum Gasteiger partial charge on any atom is 0.343 e. The van der Waals surface area contributed by atoms with Gasteiger partial charge in [-0.1, -0.05) is 6.07 Å². The van der Waals surface area contributed by atoms with E-state index in [1.54, 1.807) is 0 Å². The lowest BCUT2D eigenvalue weighted by molar-refractivity contribution is 0.0136. The largest absolute Gasteiger partial charge is 0.459 e. The molecule has 1 heterocycles. The van der Waals surface area contributed by atoms with Gasteiger partial charge in [-0.3, -0.25) is 0 Å². The Hall–Kier alpha value is -1.62. The number of esters is 1. The predicted molar refractivity (Wildman–Crippen MR) is 66.7 cm³/mol. The number of carbonyl (C=O) groups is 1. The molecule has 18 heavy (non-hydrogen) atoms. The van der Waals surface area contributed by atoms with Crippen molar-refractivity contribution in [2.75, 3.05) is 25.9 Å². The number of carbonyl (C=O) groups excluding carboxylic acids is 1. The first-order valence-electron chi connectivity index (χ1n) is 6.01. The van der Waals surface area contributed by atoms with E-state index in [1.165, 1.54) is 18.2 Å². The molecule has 0 aliphatic carbocycles. The molecule has 0 amide bonds. The minimum Gasteiger partial charge on any atom is -0.459 e. The van der Waals surface area contributed by atoms with Crippen LogP contribution in [0.25, 0.3) is 0 Å². The Bertz CT molecular complexity index is 422. The number of halogens is 1. The second-order valence-electron chi connectivity index (χ2n) is 4.61. The van der Waals surface area contributed by atoms with Crippen LogP contribution >= 0.6 is 0 Å². The summed E-state index contributed by atoms with van der Waals surface area (Å²) < 4.78 is 18.8. The van der Waals surface area contributed by atoms with E-state index in [1.807, 2.05) is 7.05 Å². The standard InChI is InChI=1S/C13H17FN2O2/c1-16-7-5-9(6-8-16)18-13(17)12-10(14)3-2-4-11(12)15/h2-4,9H,5-8,15H2,1H3. The minimum atomic E-state index is -0.667. The van der Waals surface area contributed by atoms with Gasteiger partial charge >= 0.3 is 5.97 Å². The van der Waals surface area contributed by atoms with Gasteiger partial charge < -0.3 is 15.4 Å². The predicted octanol–water partition coefficient (Wildman–Crippen LogP) is 1.66. The van der Waals surface area contributed by atoms with Crippen molar-refractivity contribution in [1.82, 2.24) is 4.90 Å². The second kappa shape index (κ2) is 5.35. The smallest absolute Gasteiger partial charge is 0.343 e. The number of anilines is 1. The molecule has 4 nitrogen and oxygen atoms in total. The summed E-state index contributed by atoms with van der Waals surface area (Å²) in [5, 5.41) is 0. The van der Waals surface area contributed by atoms with E-state index in [9.17, 15) is 9.18 Å². The second-order valence-corrected chi connectivity index (χ2v) is 4.61. The first-order chi connectivity index (χ1) is 8.58. The zero-order valence-corrected chi connectivity index (χ0v) is 10.4. The van der Waals surface area contributed by atoms with Crippen LogP contribution < -0.4 is 5.73 Å². The zero-order chi connectivity index (χ0) is 13.1. The van der Waals surface area contributed by atoms with Gasteiger partial charge in [0.05, 0.1) is 0 Å². The van der Waals surface area contributed by atoms with Crippen LogP contribution in [0.3, 0.4) is 0 Å². The molecule has 98 valence electrons. The van der Waals surface area contributed by atoms with E-state index in [0.717, 1.165) is 25.9 Å². The van der Waals surface area contributed by atoms with Crippen molar-refractivity contribution in [1.29, 1.82) is 0 Å². The number of ether oxygens (including phenoxy) is 1. The maximum absolute atomic E-state index is 13.5. The fourth-order valence-electron chi connectivity index (χ4n) is 2.07. The first-order valence-corrected chi connectivity index (χ1v) is 6.01. The molecule has 1 saturated heterocycles. The van der Waals surface area contributed by atoms with Crippen LogP contribution in [0.4, 0.5) is 10.1 Å². The summed E-state index contributed by atoms with van der Waals surface area (Å²) in [5.41, 5.74) is 5.56. The molecule has 5 heteroatoms. The highest BCUT2D eigenvalue weighted by Gasteiger charge is 2.23. The van der Waals surface area contributed by atoms with Crippen molar-refractivity contribution >= 4 is 11.7 Å². The van der Waals surface area contributed by atoms with Gasteiger partial charge in [-0.05, 0) is 32.0 Å². The molecule has 0 aromatic heterocycles. The van der Waals surface area contributed by atoms with Gasteiger partial charge in [-0.15, -0.1) is 0 Å². The molecule has 2 rings (SSSR count). The molecular formula is C13H17FN2O2. The summed E-state index contributed by atoms with van der Waals surface area (Å²) in [5.74, 6) is -1.30. The van der Waals surface area contributed by atoms with Gasteiger partial charge in [0.25, 0.3) is 0 Å². The van der Waals surface area contributed by atoms with Crippen molar-refractivity contribution in [3.8, 4) is 0 Å². The number of nitrogens with zero attached hydrogens (tertiary/aromatic N) is 1. The van der Waals surface area contributed by atoms with Crippen molar-refractivity contribution in [2.45, 2.75) is 18.9 Å². The van der Waals surface area contributed by atoms with E-state index < -0.39 is 11.8 Å². The van der Waals surface area contributed by atoms with Crippen LogP contribution in [0.15, 0.2) is 18.2 Å². The Morgan fingerprint density at radius 1 is 1.44 bits per heavy atom. The molecular weight excluding hydrogens is 235 g/mol. The monoisotopic (exact) mass is 252 g/mol. The topological polar surface area (TPSA) is 55.6 Å². The molecule has 1 aliphatic rings. The summed E-state index contributed by atoms with van der Waals surface area (Å²) in [7, 11) is 2.02. The molecule has 0 unspecified atom stereocenters. The molecule has 1 aromatic carbocycles. The van der Waals surface area contributed by atoms with Gasteiger partial charge in [-0.2, -0.15) is 0 Å². The van der Waals surface area contributed by atoms with E-state index >= 15 is 0 Å². The molecule has 1 aromatic rings. The minimum absolute atomic E-state index is 0.118. The van der Waals surface area contributed by atoms with Gasteiger partial charge in [0, 0.05) is 18.8 Å². The average Bonchev–Trinajstić information content (AvgIpc) is 2.32. The Labute approximate surface area is 106 Å². The fourth-order valence-corrected chi connectivity index (χ4v) is 2.07. The number of nitrogen functional groups attached to an aromatic ring is 1. The normalized spacial score (nSPS) is 17.7. The third-order valence-corrected chi connectivity index (χ3v) is 3.19. The number of rotatable bonds is 2. The van der Waals surface area contributed by atoms with Crippen molar-refractivity contribution < 1.29 is 13.9 Å². The number of benzene rings is 1. The highest BCUT2D eigenvalue weighted by molar-refractivity contribution is 5.95. The first kappa shape index (κ1) is 12.8. The number of piperidine rings is 1. The number of hydrogen-bond donors (Lipinski definition) is 1. The molecule has 1 fully saturated rings. The van der Waals surface area contributed by atoms with Crippen LogP contribution in [-0.2, 0) is 4.74 Å². The van der Waals surface area contributed by atoms with E-state index in [2.05, 4.69) is 4.90 Å². The molecule has 0 saturated carbocycles. The average molecular weight is 252 g/mol. The molecule has 0 bridgehead atoms. The Morgan fingerprint density at radius 2 is 2.11 bits per heavy atom. The van der Waals surface area contributed by atoms with Gasteiger partial charge in [0.15, 0.2) is 0 Å². The Balaban J connectivity index is 2.04. The van der Waals surface area contributed by atoms with Crippen LogP contribution in [0, 0.1) is 5.82 Å². The van der Waals surface area contributed by atoms with Crippen LogP contribution in [0.5, 0.6) is 0 Å². The molecule has 1 aliphatic heterocycles. The maximum atomic E-state index is 13.5. The lowest BCUT2D eigenvalue weighted by Gasteiger charge is -2.28. The third kappa shape index (κ3) is 2.79. The van der Waals surface area contributed by atoms with E-state index in [0.29, 0.717) is 0 Å². The summed E-state index contributed by atoms with van der Waals surface area (Å²) in [6, 6.07) is 4.17. The molecule has 2 N–H and O–H groups in total. The number of nitrogens with two attached hydrogens (primary N) is 1. The van der Waals surface area contributed by atoms with Gasteiger partial charge in [0.2, 0.25) is 0 Å². The number of likely N-dealkylation sites (tertiary alicyclic amines) is 1. The summed E-state index contributed by atoms with van der Waals surface area (Å²) >= 11 is 0. The van der Waals surface area contributed by atoms with Crippen LogP contribution in [0.2, 0.25) is 0 Å². The Morgan fingerprint density at radius 3 is 2.72 bits per heavy atom. The van der Waals surface area contributed by atoms with Crippen LogP contribution in [-0.4, -0.2) is 37.1 Å². The number of hydrogen-bond acceptors (Lipinski definition) is 4. The summed E-state index contributed by atoms with van der Waals surface area (Å²) in [6.45, 7) is 1.76. The molecule has 0 atom stereocenters. The SMILES string of the molecule is CN1CCC(OC(=O)c2c(N)cccc2F)CC1. The Kier molecular flexibility index (Phi) is 3.81. The van der Waals surface area contributed by atoms with Crippen molar-refractivity contribution in [3.63, 3.8) is 0 Å². The lowest BCUT2D eigenvalue weighted by atomic mass is 10.1. The summed E-state index contributed by atoms with van der Waals surface area (Å²) in [6.07, 6.45) is 1.40. The highest BCUT2D eigenvalue weighted by atomic mass is 19.1. The third-order valence-electron chi connectivity index (χ3n) is 3.19. The van der Waals surface area contributed by atoms with Crippen molar-refractivity contribution in [3.05, 3.63) is 29.6 Å².